The Balaban J connectivity index is 2.17. The van der Waals surface area contributed by atoms with Crippen LogP contribution < -0.4 is 0 Å². The summed E-state index contributed by atoms with van der Waals surface area (Å²) in [4.78, 5) is 11.0. The second-order valence-electron chi connectivity index (χ2n) is 4.11. The van der Waals surface area contributed by atoms with E-state index in [2.05, 4.69) is 0 Å². The van der Waals surface area contributed by atoms with Crippen molar-refractivity contribution in [3.63, 3.8) is 0 Å². The first kappa shape index (κ1) is 13.1. The van der Waals surface area contributed by atoms with E-state index in [4.69, 9.17) is 0 Å². The average molecular weight is 258 g/mol. The van der Waals surface area contributed by atoms with Gasteiger partial charge in [-0.15, -0.1) is 0 Å². The zero-order valence-electron chi connectivity index (χ0n) is 10.1. The molecule has 0 fully saturated rings. The first-order chi connectivity index (χ1) is 9.19. The molecule has 2 aromatic rings. The fraction of sp³-hybridized carbons (Fsp3) is 0.0625. The van der Waals surface area contributed by atoms with Gasteiger partial charge in [0.1, 0.15) is 17.9 Å². The molecule has 0 aromatic heterocycles. The Morgan fingerprint density at radius 2 is 1.42 bits per heavy atom. The van der Waals surface area contributed by atoms with Crippen molar-refractivity contribution in [3.8, 4) is 0 Å². The van der Waals surface area contributed by atoms with Gasteiger partial charge in [-0.05, 0) is 41.8 Å². The largest absolute Gasteiger partial charge is 0.298 e. The van der Waals surface area contributed by atoms with Gasteiger partial charge in [0.15, 0.2) is 0 Å². The van der Waals surface area contributed by atoms with Crippen molar-refractivity contribution >= 4 is 11.9 Å². The predicted molar refractivity (Wildman–Crippen MR) is 70.5 cm³/mol. The molecule has 0 saturated carbocycles. The zero-order chi connectivity index (χ0) is 13.7. The van der Waals surface area contributed by atoms with Crippen LogP contribution >= 0.6 is 0 Å². The minimum atomic E-state index is -0.340. The third-order valence-electron chi connectivity index (χ3n) is 2.78. The predicted octanol–water partition coefficient (Wildman–Crippen LogP) is 3.79. The van der Waals surface area contributed by atoms with E-state index < -0.39 is 0 Å². The SMILES string of the molecule is O=C/C(=C/Cc1ccc(F)cc1)c1ccc(F)cc1. The van der Waals surface area contributed by atoms with E-state index >= 15 is 0 Å². The Morgan fingerprint density at radius 1 is 0.895 bits per heavy atom. The van der Waals surface area contributed by atoms with Crippen LogP contribution in [0.2, 0.25) is 0 Å². The molecular weight excluding hydrogens is 246 g/mol. The first-order valence-corrected chi connectivity index (χ1v) is 5.85. The summed E-state index contributed by atoms with van der Waals surface area (Å²) in [5, 5.41) is 0. The standard InChI is InChI=1S/C16H12F2O/c17-15-7-2-12(3-8-15)1-4-14(11-19)13-5-9-16(18)10-6-13/h2-11H,1H2/b14-4-. The molecule has 0 aliphatic rings. The van der Waals surface area contributed by atoms with Crippen LogP contribution in [-0.4, -0.2) is 6.29 Å². The van der Waals surface area contributed by atoms with Crippen LogP contribution in [-0.2, 0) is 11.2 Å². The van der Waals surface area contributed by atoms with Crippen LogP contribution in [0.4, 0.5) is 8.78 Å². The monoisotopic (exact) mass is 258 g/mol. The van der Waals surface area contributed by atoms with Gasteiger partial charge in [0, 0.05) is 5.57 Å². The van der Waals surface area contributed by atoms with Crippen molar-refractivity contribution in [1.82, 2.24) is 0 Å². The van der Waals surface area contributed by atoms with E-state index in [9.17, 15) is 13.6 Å². The lowest BCUT2D eigenvalue weighted by molar-refractivity contribution is -0.103. The Kier molecular flexibility index (Phi) is 4.18. The Labute approximate surface area is 110 Å². The van der Waals surface area contributed by atoms with E-state index in [1.165, 1.54) is 24.3 Å². The first-order valence-electron chi connectivity index (χ1n) is 5.85. The van der Waals surface area contributed by atoms with Gasteiger partial charge in [0.05, 0.1) is 0 Å². The van der Waals surface area contributed by atoms with Crippen molar-refractivity contribution in [3.05, 3.63) is 77.4 Å². The van der Waals surface area contributed by atoms with Gasteiger partial charge in [0.2, 0.25) is 0 Å². The lowest BCUT2D eigenvalue weighted by Gasteiger charge is -2.01. The Hall–Kier alpha value is -2.29. The van der Waals surface area contributed by atoms with Gasteiger partial charge in [-0.1, -0.05) is 30.3 Å². The highest BCUT2D eigenvalue weighted by atomic mass is 19.1. The van der Waals surface area contributed by atoms with Gasteiger partial charge >= 0.3 is 0 Å². The van der Waals surface area contributed by atoms with Crippen molar-refractivity contribution < 1.29 is 13.6 Å². The maximum atomic E-state index is 12.8. The molecule has 2 aromatic carbocycles. The molecule has 1 nitrogen and oxygen atoms in total. The zero-order valence-corrected chi connectivity index (χ0v) is 10.1. The third kappa shape index (κ3) is 3.58. The van der Waals surface area contributed by atoms with Crippen LogP contribution in [0.5, 0.6) is 0 Å². The highest BCUT2D eigenvalue weighted by Crippen LogP contribution is 2.14. The third-order valence-corrected chi connectivity index (χ3v) is 2.78. The molecule has 3 heteroatoms. The molecule has 0 atom stereocenters. The number of rotatable bonds is 4. The molecule has 2 rings (SSSR count). The van der Waals surface area contributed by atoms with Crippen molar-refractivity contribution in [1.29, 1.82) is 0 Å². The van der Waals surface area contributed by atoms with Crippen LogP contribution in [0.1, 0.15) is 11.1 Å². The van der Waals surface area contributed by atoms with Crippen LogP contribution in [0, 0.1) is 11.6 Å². The number of benzene rings is 2. The summed E-state index contributed by atoms with van der Waals surface area (Å²) in [5.41, 5.74) is 2.06. The minimum absolute atomic E-state index is 0.290. The topological polar surface area (TPSA) is 17.1 Å². The van der Waals surface area contributed by atoms with Gasteiger partial charge in [0.25, 0.3) is 0 Å². The summed E-state index contributed by atoms with van der Waals surface area (Å²) in [6.07, 6.45) is 3.00. The lowest BCUT2D eigenvalue weighted by Crippen LogP contribution is -1.89. The normalized spacial score (nSPS) is 11.4. The van der Waals surface area contributed by atoms with Crippen LogP contribution in [0.15, 0.2) is 54.6 Å². The van der Waals surface area contributed by atoms with Crippen molar-refractivity contribution in [2.75, 3.05) is 0 Å². The van der Waals surface area contributed by atoms with Gasteiger partial charge < -0.3 is 0 Å². The quantitative estimate of drug-likeness (QED) is 0.602. The summed E-state index contributed by atoms with van der Waals surface area (Å²) in [7, 11) is 0. The molecule has 96 valence electrons. The highest BCUT2D eigenvalue weighted by molar-refractivity contribution is 6.06. The summed E-state index contributed by atoms with van der Waals surface area (Å²) in [5.74, 6) is -0.630. The summed E-state index contributed by atoms with van der Waals surface area (Å²) in [6.45, 7) is 0. The number of hydrogen-bond acceptors (Lipinski definition) is 1. The summed E-state index contributed by atoms with van der Waals surface area (Å²) in [6, 6.07) is 11.8. The molecular formula is C16H12F2O. The molecule has 0 bridgehead atoms. The fourth-order valence-corrected chi connectivity index (χ4v) is 1.72. The molecule has 0 spiro atoms. The molecule has 0 amide bonds. The summed E-state index contributed by atoms with van der Waals surface area (Å²) < 4.78 is 25.5. The van der Waals surface area contributed by atoms with Gasteiger partial charge in [-0.25, -0.2) is 8.78 Å². The number of aldehydes is 1. The Bertz CT molecular complexity index is 583. The second-order valence-corrected chi connectivity index (χ2v) is 4.11. The van der Waals surface area contributed by atoms with Gasteiger partial charge in [-0.2, -0.15) is 0 Å². The molecule has 0 aliphatic carbocycles. The van der Waals surface area contributed by atoms with E-state index in [0.717, 1.165) is 11.8 Å². The average Bonchev–Trinajstić information content (AvgIpc) is 2.43. The van der Waals surface area contributed by atoms with E-state index in [-0.39, 0.29) is 11.6 Å². The van der Waals surface area contributed by atoms with E-state index in [1.54, 1.807) is 30.3 Å². The number of allylic oxidation sites excluding steroid dienone is 2. The van der Waals surface area contributed by atoms with Gasteiger partial charge in [-0.3, -0.25) is 4.79 Å². The smallest absolute Gasteiger partial charge is 0.150 e. The fourth-order valence-electron chi connectivity index (χ4n) is 1.72. The van der Waals surface area contributed by atoms with Crippen LogP contribution in [0.25, 0.3) is 5.57 Å². The van der Waals surface area contributed by atoms with E-state index in [1.807, 2.05) is 0 Å². The lowest BCUT2D eigenvalue weighted by atomic mass is 10.0. The number of hydrogen-bond donors (Lipinski definition) is 0. The molecule has 0 N–H and O–H groups in total. The Morgan fingerprint density at radius 3 is 1.95 bits per heavy atom. The molecule has 19 heavy (non-hydrogen) atoms. The molecule has 0 aliphatic heterocycles. The molecule has 0 unspecified atom stereocenters. The molecule has 0 heterocycles. The minimum Gasteiger partial charge on any atom is -0.298 e. The number of carbonyl (C=O) groups excluding carboxylic acids is 1. The van der Waals surface area contributed by atoms with Crippen molar-refractivity contribution in [2.24, 2.45) is 0 Å². The number of carbonyl (C=O) groups is 1. The molecule has 0 radical (unpaired) electrons. The van der Waals surface area contributed by atoms with E-state index in [0.29, 0.717) is 17.6 Å². The number of halogens is 2. The highest BCUT2D eigenvalue weighted by Gasteiger charge is 2.01. The maximum absolute atomic E-state index is 12.8. The second kappa shape index (κ2) is 6.05. The molecule has 0 saturated heterocycles. The van der Waals surface area contributed by atoms with Crippen LogP contribution in [0.3, 0.4) is 0 Å². The van der Waals surface area contributed by atoms with Crippen molar-refractivity contribution in [2.45, 2.75) is 6.42 Å². The maximum Gasteiger partial charge on any atom is 0.150 e. The summed E-state index contributed by atoms with van der Waals surface area (Å²) >= 11 is 0.